The minimum absolute atomic E-state index is 0. The Morgan fingerprint density at radius 2 is 1.68 bits per heavy atom. The average Bonchev–Trinajstić information content (AvgIpc) is 2.90. The molecule has 3 heteroatoms. The van der Waals surface area contributed by atoms with Crippen molar-refractivity contribution in [3.63, 3.8) is 0 Å². The Kier molecular flexibility index (Phi) is 4.88. The summed E-state index contributed by atoms with van der Waals surface area (Å²) in [5, 5.41) is 2.70. The van der Waals surface area contributed by atoms with E-state index in [2.05, 4.69) is 78.2 Å². The van der Waals surface area contributed by atoms with Gasteiger partial charge in [-0.3, -0.25) is 0 Å². The lowest BCUT2D eigenvalue weighted by Gasteiger charge is -2.08. The molecule has 0 saturated carbocycles. The predicted octanol–water partition coefficient (Wildman–Crippen LogP) is 3.83. The molecule has 0 unspecified atom stereocenters. The van der Waals surface area contributed by atoms with Crippen LogP contribution in [0.15, 0.2) is 66.7 Å². The van der Waals surface area contributed by atoms with Gasteiger partial charge in [-0.1, -0.05) is 54.1 Å². The van der Waals surface area contributed by atoms with Crippen molar-refractivity contribution in [2.45, 2.75) is 19.9 Å². The van der Waals surface area contributed by atoms with Gasteiger partial charge in [-0.2, -0.15) is 0 Å². The molecule has 0 spiro atoms. The highest BCUT2D eigenvalue weighted by atomic mass is 16.0. The number of rotatable bonds is 4. The van der Waals surface area contributed by atoms with Gasteiger partial charge < -0.3 is 15.8 Å². The number of fused-ring (bicyclic) bond motifs is 3. The number of aryl methyl sites for hydroxylation is 1. The van der Waals surface area contributed by atoms with Crippen molar-refractivity contribution in [3.05, 3.63) is 83.4 Å². The lowest BCUT2D eigenvalue weighted by atomic mass is 10.0. The Morgan fingerprint density at radius 3 is 2.44 bits per heavy atom. The van der Waals surface area contributed by atoms with Crippen molar-refractivity contribution in [2.24, 2.45) is 5.73 Å². The summed E-state index contributed by atoms with van der Waals surface area (Å²) >= 11 is 0. The first-order valence-electron chi connectivity index (χ1n) is 8.52. The Hall–Kier alpha value is -2.62. The zero-order valence-corrected chi connectivity index (χ0v) is 14.5. The van der Waals surface area contributed by atoms with E-state index in [-0.39, 0.29) is 5.48 Å². The van der Waals surface area contributed by atoms with Crippen molar-refractivity contribution in [1.29, 1.82) is 0 Å². The van der Waals surface area contributed by atoms with Gasteiger partial charge in [0.15, 0.2) is 0 Å². The van der Waals surface area contributed by atoms with Crippen LogP contribution in [0.25, 0.3) is 21.8 Å². The van der Waals surface area contributed by atoms with E-state index in [4.69, 9.17) is 5.73 Å². The summed E-state index contributed by atoms with van der Waals surface area (Å²) in [5.41, 5.74) is 12.4. The molecule has 1 heterocycles. The highest BCUT2D eigenvalue weighted by molar-refractivity contribution is 6.10. The lowest BCUT2D eigenvalue weighted by Crippen LogP contribution is -2.03. The van der Waals surface area contributed by atoms with Crippen LogP contribution in [0.1, 0.15) is 16.7 Å². The molecular weight excluding hydrogens is 308 g/mol. The van der Waals surface area contributed by atoms with Crippen LogP contribution in [-0.2, 0) is 13.0 Å². The predicted molar refractivity (Wildman–Crippen MR) is 106 cm³/mol. The average molecular weight is 332 g/mol. The van der Waals surface area contributed by atoms with Crippen molar-refractivity contribution >= 4 is 21.8 Å². The maximum absolute atomic E-state index is 5.85. The standard InChI is InChI=1S/C22H22N2.H2O/c1-16-10-11-20-19(14-16)22-18(12-13-23)8-5-9-21(22)24(20)15-17-6-3-2-4-7-17;/h2-11,14H,12-13,15,23H2,1H3;1H2. The zero-order chi connectivity index (χ0) is 16.5. The van der Waals surface area contributed by atoms with Gasteiger partial charge in [-0.05, 0) is 49.2 Å². The van der Waals surface area contributed by atoms with E-state index < -0.39 is 0 Å². The number of hydrogen-bond donors (Lipinski definition) is 1. The lowest BCUT2D eigenvalue weighted by molar-refractivity contribution is 0.824. The van der Waals surface area contributed by atoms with Gasteiger partial charge in [-0.25, -0.2) is 0 Å². The van der Waals surface area contributed by atoms with Crippen LogP contribution in [0, 0.1) is 6.92 Å². The molecule has 4 aromatic rings. The Bertz CT molecular complexity index is 1000. The van der Waals surface area contributed by atoms with Crippen LogP contribution in [0.2, 0.25) is 0 Å². The topological polar surface area (TPSA) is 62.5 Å². The monoisotopic (exact) mass is 332 g/mol. The van der Waals surface area contributed by atoms with Crippen LogP contribution in [-0.4, -0.2) is 16.6 Å². The quantitative estimate of drug-likeness (QED) is 0.606. The molecule has 25 heavy (non-hydrogen) atoms. The summed E-state index contributed by atoms with van der Waals surface area (Å²) in [6.07, 6.45) is 0.912. The zero-order valence-electron chi connectivity index (χ0n) is 14.5. The molecule has 0 amide bonds. The van der Waals surface area contributed by atoms with Gasteiger partial charge in [0.05, 0.1) is 0 Å². The molecule has 3 aromatic carbocycles. The summed E-state index contributed by atoms with van der Waals surface area (Å²) in [6, 6.07) is 24.0. The molecule has 4 rings (SSSR count). The molecule has 1 aromatic heterocycles. The molecule has 0 saturated heterocycles. The first-order valence-corrected chi connectivity index (χ1v) is 8.52. The van der Waals surface area contributed by atoms with Crippen molar-refractivity contribution in [2.75, 3.05) is 6.54 Å². The number of aromatic nitrogens is 1. The van der Waals surface area contributed by atoms with E-state index in [9.17, 15) is 0 Å². The molecule has 0 aliphatic heterocycles. The van der Waals surface area contributed by atoms with Crippen LogP contribution in [0.4, 0.5) is 0 Å². The third-order valence-electron chi connectivity index (χ3n) is 4.73. The molecule has 0 radical (unpaired) electrons. The van der Waals surface area contributed by atoms with Crippen LogP contribution < -0.4 is 5.73 Å². The SMILES string of the molecule is Cc1ccc2c(c1)c1c(CCN)cccc1n2Cc1ccccc1.O. The molecule has 0 atom stereocenters. The normalized spacial score (nSPS) is 11.0. The third kappa shape index (κ3) is 3.04. The van der Waals surface area contributed by atoms with Gasteiger partial charge in [-0.15, -0.1) is 0 Å². The Morgan fingerprint density at radius 1 is 0.880 bits per heavy atom. The highest BCUT2D eigenvalue weighted by Crippen LogP contribution is 2.33. The van der Waals surface area contributed by atoms with Gasteiger partial charge in [0.2, 0.25) is 0 Å². The van der Waals surface area contributed by atoms with Crippen LogP contribution >= 0.6 is 0 Å². The van der Waals surface area contributed by atoms with E-state index in [1.54, 1.807) is 0 Å². The third-order valence-corrected chi connectivity index (χ3v) is 4.73. The molecule has 4 N–H and O–H groups in total. The van der Waals surface area contributed by atoms with Crippen LogP contribution in [0.5, 0.6) is 0 Å². The van der Waals surface area contributed by atoms with Crippen molar-refractivity contribution in [3.8, 4) is 0 Å². The minimum atomic E-state index is 0. The fourth-order valence-electron chi connectivity index (χ4n) is 3.64. The summed E-state index contributed by atoms with van der Waals surface area (Å²) in [7, 11) is 0. The van der Waals surface area contributed by atoms with E-state index in [1.165, 1.54) is 38.5 Å². The summed E-state index contributed by atoms with van der Waals surface area (Å²) in [5.74, 6) is 0. The maximum Gasteiger partial charge on any atom is 0.0497 e. The largest absolute Gasteiger partial charge is 0.412 e. The van der Waals surface area contributed by atoms with E-state index in [0.29, 0.717) is 6.54 Å². The minimum Gasteiger partial charge on any atom is -0.412 e. The number of hydrogen-bond acceptors (Lipinski definition) is 1. The number of nitrogens with zero attached hydrogens (tertiary/aromatic N) is 1. The second kappa shape index (κ2) is 7.09. The van der Waals surface area contributed by atoms with E-state index >= 15 is 0 Å². The highest BCUT2D eigenvalue weighted by Gasteiger charge is 2.13. The van der Waals surface area contributed by atoms with Gasteiger partial charge >= 0.3 is 0 Å². The Labute approximate surface area is 148 Å². The Balaban J connectivity index is 0.00000182. The number of benzene rings is 3. The van der Waals surface area contributed by atoms with Gasteiger partial charge in [0.1, 0.15) is 0 Å². The molecule has 0 aliphatic carbocycles. The summed E-state index contributed by atoms with van der Waals surface area (Å²) < 4.78 is 2.43. The molecule has 0 aliphatic rings. The molecule has 0 bridgehead atoms. The number of nitrogens with two attached hydrogens (primary N) is 1. The summed E-state index contributed by atoms with van der Waals surface area (Å²) in [4.78, 5) is 0. The van der Waals surface area contributed by atoms with Crippen molar-refractivity contribution in [1.82, 2.24) is 4.57 Å². The fraction of sp³-hybridized carbons (Fsp3) is 0.182. The second-order valence-electron chi connectivity index (χ2n) is 6.44. The summed E-state index contributed by atoms with van der Waals surface area (Å²) in [6.45, 7) is 3.72. The first-order chi connectivity index (χ1) is 11.8. The molecular formula is C22H24N2O. The van der Waals surface area contributed by atoms with Gasteiger partial charge in [0.25, 0.3) is 0 Å². The smallest absolute Gasteiger partial charge is 0.0497 e. The first kappa shape index (κ1) is 17.2. The fourth-order valence-corrected chi connectivity index (χ4v) is 3.64. The van der Waals surface area contributed by atoms with E-state index in [0.717, 1.165) is 13.0 Å². The van der Waals surface area contributed by atoms with Crippen molar-refractivity contribution < 1.29 is 5.48 Å². The molecule has 3 nitrogen and oxygen atoms in total. The maximum atomic E-state index is 5.85. The van der Waals surface area contributed by atoms with Crippen LogP contribution in [0.3, 0.4) is 0 Å². The molecule has 0 fully saturated rings. The molecule has 128 valence electrons. The van der Waals surface area contributed by atoms with E-state index in [1.807, 2.05) is 0 Å². The van der Waals surface area contributed by atoms with Gasteiger partial charge in [0, 0.05) is 28.4 Å². The second-order valence-corrected chi connectivity index (χ2v) is 6.44.